The summed E-state index contributed by atoms with van der Waals surface area (Å²) in [6.45, 7) is 3.54. The number of thiophene rings is 1. The Morgan fingerprint density at radius 1 is 1.50 bits per heavy atom. The lowest BCUT2D eigenvalue weighted by Crippen LogP contribution is -1.97. The number of halogens is 1. The molecular weight excluding hydrogens is 287 g/mol. The van der Waals surface area contributed by atoms with Gasteiger partial charge in [0.2, 0.25) is 0 Å². The Morgan fingerprint density at radius 2 is 2.17 bits per heavy atom. The Bertz CT molecular complexity index is 279. The minimum atomic E-state index is -0.109. The van der Waals surface area contributed by atoms with Gasteiger partial charge in [-0.1, -0.05) is 0 Å². The van der Waals surface area contributed by atoms with Gasteiger partial charge in [0.1, 0.15) is 0 Å². The van der Waals surface area contributed by atoms with Crippen LogP contribution in [0.3, 0.4) is 0 Å². The van der Waals surface area contributed by atoms with E-state index in [9.17, 15) is 0 Å². The zero-order valence-electron chi connectivity index (χ0n) is 6.67. The summed E-state index contributed by atoms with van der Waals surface area (Å²) < 4.78 is 12.1. The van der Waals surface area contributed by atoms with Crippen LogP contribution >= 0.6 is 33.9 Å². The van der Waals surface area contributed by atoms with Crippen LogP contribution in [-0.2, 0) is 9.47 Å². The van der Waals surface area contributed by atoms with Crippen LogP contribution in [0.2, 0.25) is 0 Å². The lowest BCUT2D eigenvalue weighted by atomic mass is 10.3. The van der Waals surface area contributed by atoms with Crippen molar-refractivity contribution in [3.63, 3.8) is 0 Å². The van der Waals surface area contributed by atoms with E-state index in [1.165, 1.54) is 13.3 Å². The molecule has 0 unspecified atom stereocenters. The van der Waals surface area contributed by atoms with Crippen molar-refractivity contribution >= 4 is 33.9 Å². The van der Waals surface area contributed by atoms with Crippen LogP contribution in [0.1, 0.15) is 16.7 Å². The van der Waals surface area contributed by atoms with Crippen LogP contribution in [0.15, 0.2) is 6.07 Å². The van der Waals surface area contributed by atoms with Gasteiger partial charge in [-0.15, -0.1) is 11.3 Å². The fraction of sp³-hybridized carbons (Fsp3) is 0.500. The molecule has 12 heavy (non-hydrogen) atoms. The van der Waals surface area contributed by atoms with Gasteiger partial charge in [-0.3, -0.25) is 0 Å². The number of hydrogen-bond donors (Lipinski definition) is 0. The zero-order valence-corrected chi connectivity index (χ0v) is 9.65. The molecule has 0 N–H and O–H groups in total. The molecule has 2 nitrogen and oxygen atoms in total. The molecule has 1 aromatic rings. The van der Waals surface area contributed by atoms with E-state index in [0.717, 1.165) is 13.2 Å². The highest BCUT2D eigenvalue weighted by molar-refractivity contribution is 14.1. The summed E-state index contributed by atoms with van der Waals surface area (Å²) in [5, 5.41) is 0. The molecule has 0 atom stereocenters. The van der Waals surface area contributed by atoms with Gasteiger partial charge in [0.25, 0.3) is 0 Å². The zero-order chi connectivity index (χ0) is 8.55. The van der Waals surface area contributed by atoms with Crippen molar-refractivity contribution in [3.05, 3.63) is 19.4 Å². The quantitative estimate of drug-likeness (QED) is 0.742. The summed E-state index contributed by atoms with van der Waals surface area (Å²) >= 11 is 4.11. The predicted molar refractivity (Wildman–Crippen MR) is 56.4 cm³/mol. The smallest absolute Gasteiger partial charge is 0.185 e. The van der Waals surface area contributed by atoms with Crippen LogP contribution in [0.5, 0.6) is 0 Å². The van der Waals surface area contributed by atoms with E-state index >= 15 is 0 Å². The molecule has 1 saturated heterocycles. The molecule has 2 rings (SSSR count). The van der Waals surface area contributed by atoms with Crippen LogP contribution in [0, 0.1) is 9.81 Å². The first-order valence-corrected chi connectivity index (χ1v) is 5.66. The minimum absolute atomic E-state index is 0.109. The highest BCUT2D eigenvalue weighted by Gasteiger charge is 2.21. The highest BCUT2D eigenvalue weighted by Crippen LogP contribution is 2.32. The van der Waals surface area contributed by atoms with Gasteiger partial charge in [-0.05, 0) is 35.6 Å². The molecule has 0 aliphatic carbocycles. The summed E-state index contributed by atoms with van der Waals surface area (Å²) in [6, 6.07) is 2.14. The van der Waals surface area contributed by atoms with E-state index in [1.54, 1.807) is 11.3 Å². The second kappa shape index (κ2) is 3.61. The Morgan fingerprint density at radius 3 is 2.67 bits per heavy atom. The Hall–Kier alpha value is 0.350. The van der Waals surface area contributed by atoms with Crippen LogP contribution in [-0.4, -0.2) is 13.2 Å². The average molecular weight is 296 g/mol. The standard InChI is InChI=1S/C8H9IO2S/c1-5-4-6(7(9)12-5)8-10-2-3-11-8/h4,8H,2-3H2,1H3. The van der Waals surface area contributed by atoms with Gasteiger partial charge in [0.15, 0.2) is 6.29 Å². The van der Waals surface area contributed by atoms with E-state index in [0.29, 0.717) is 0 Å². The summed E-state index contributed by atoms with van der Waals surface area (Å²) in [7, 11) is 0. The molecule has 0 radical (unpaired) electrons. The molecule has 0 bridgehead atoms. The third-order valence-electron chi connectivity index (χ3n) is 1.71. The maximum atomic E-state index is 5.41. The van der Waals surface area contributed by atoms with Crippen molar-refractivity contribution < 1.29 is 9.47 Å². The lowest BCUT2D eigenvalue weighted by molar-refractivity contribution is -0.0443. The fourth-order valence-corrected chi connectivity index (χ4v) is 3.40. The summed E-state index contributed by atoms with van der Waals surface area (Å²) in [6.07, 6.45) is -0.109. The van der Waals surface area contributed by atoms with Gasteiger partial charge in [0.05, 0.1) is 16.1 Å². The van der Waals surface area contributed by atoms with Crippen molar-refractivity contribution in [1.29, 1.82) is 0 Å². The third-order valence-corrected chi connectivity index (χ3v) is 3.85. The number of ether oxygens (including phenoxy) is 2. The largest absolute Gasteiger partial charge is 0.346 e. The topological polar surface area (TPSA) is 18.5 Å². The van der Waals surface area contributed by atoms with Crippen molar-refractivity contribution in [2.75, 3.05) is 13.2 Å². The Labute approximate surface area is 89.0 Å². The number of rotatable bonds is 1. The van der Waals surface area contributed by atoms with E-state index in [2.05, 4.69) is 35.6 Å². The van der Waals surface area contributed by atoms with Gasteiger partial charge in [-0.25, -0.2) is 0 Å². The molecule has 1 fully saturated rings. The molecule has 1 aliphatic rings. The summed E-state index contributed by atoms with van der Waals surface area (Å²) in [5.41, 5.74) is 1.19. The summed E-state index contributed by atoms with van der Waals surface area (Å²) in [4.78, 5) is 1.31. The second-order valence-electron chi connectivity index (χ2n) is 2.66. The molecule has 2 heterocycles. The number of aryl methyl sites for hydroxylation is 1. The maximum Gasteiger partial charge on any atom is 0.185 e. The first-order valence-electron chi connectivity index (χ1n) is 3.76. The Kier molecular flexibility index (Phi) is 2.69. The van der Waals surface area contributed by atoms with Crippen molar-refractivity contribution in [2.24, 2.45) is 0 Å². The van der Waals surface area contributed by atoms with E-state index in [4.69, 9.17) is 9.47 Å². The third kappa shape index (κ3) is 1.66. The first kappa shape index (κ1) is 8.93. The molecule has 0 aromatic carbocycles. The molecule has 1 aromatic heterocycles. The normalized spacial score (nSPS) is 18.8. The number of hydrogen-bond acceptors (Lipinski definition) is 3. The van der Waals surface area contributed by atoms with Crippen molar-refractivity contribution in [3.8, 4) is 0 Å². The summed E-state index contributed by atoms with van der Waals surface area (Å²) in [5.74, 6) is 0. The van der Waals surface area contributed by atoms with Gasteiger partial charge < -0.3 is 9.47 Å². The lowest BCUT2D eigenvalue weighted by Gasteiger charge is -2.06. The van der Waals surface area contributed by atoms with Gasteiger partial charge in [-0.2, -0.15) is 0 Å². The Balaban J connectivity index is 2.25. The molecule has 0 saturated carbocycles. The minimum Gasteiger partial charge on any atom is -0.346 e. The predicted octanol–water partition coefficient (Wildman–Crippen LogP) is 2.71. The fourth-order valence-electron chi connectivity index (χ4n) is 1.20. The van der Waals surface area contributed by atoms with E-state index < -0.39 is 0 Å². The second-order valence-corrected chi connectivity index (χ2v) is 5.73. The molecule has 0 amide bonds. The van der Waals surface area contributed by atoms with Crippen molar-refractivity contribution in [1.82, 2.24) is 0 Å². The van der Waals surface area contributed by atoms with Gasteiger partial charge >= 0.3 is 0 Å². The average Bonchev–Trinajstić information content (AvgIpc) is 2.58. The SMILES string of the molecule is Cc1cc(C2OCCO2)c(I)s1. The van der Waals surface area contributed by atoms with Crippen LogP contribution in [0.25, 0.3) is 0 Å². The maximum absolute atomic E-state index is 5.41. The molecular formula is C8H9IO2S. The monoisotopic (exact) mass is 296 g/mol. The van der Waals surface area contributed by atoms with Crippen LogP contribution in [0.4, 0.5) is 0 Å². The highest BCUT2D eigenvalue weighted by atomic mass is 127. The van der Waals surface area contributed by atoms with E-state index in [1.807, 2.05) is 0 Å². The molecule has 4 heteroatoms. The van der Waals surface area contributed by atoms with Crippen LogP contribution < -0.4 is 0 Å². The van der Waals surface area contributed by atoms with Crippen molar-refractivity contribution in [2.45, 2.75) is 13.2 Å². The molecule has 1 aliphatic heterocycles. The molecule has 0 spiro atoms. The van der Waals surface area contributed by atoms with Gasteiger partial charge in [0, 0.05) is 10.4 Å². The van der Waals surface area contributed by atoms with E-state index in [-0.39, 0.29) is 6.29 Å². The molecule has 66 valence electrons. The first-order chi connectivity index (χ1) is 5.77.